The number of nitrogens with one attached hydrogen (secondary N) is 1. The number of thiophene rings is 1. The van der Waals surface area contributed by atoms with Gasteiger partial charge in [-0.05, 0) is 23.9 Å². The van der Waals surface area contributed by atoms with Crippen LogP contribution in [0.3, 0.4) is 0 Å². The number of carbonyl (C=O) groups excluding carboxylic acids is 1. The molecule has 0 radical (unpaired) electrons. The molecule has 0 spiro atoms. The number of carbonyl (C=O) groups is 1. The summed E-state index contributed by atoms with van der Waals surface area (Å²) >= 11 is 1.01. The third kappa shape index (κ3) is 5.01. The molecule has 23 heavy (non-hydrogen) atoms. The molecule has 124 valence electrons. The summed E-state index contributed by atoms with van der Waals surface area (Å²) in [5.41, 5.74) is 0.943. The Balaban J connectivity index is 1.95. The first-order valence-corrected chi connectivity index (χ1v) is 7.90. The van der Waals surface area contributed by atoms with Crippen molar-refractivity contribution in [2.45, 2.75) is 32.1 Å². The van der Waals surface area contributed by atoms with Gasteiger partial charge in [-0.2, -0.15) is 8.78 Å². The van der Waals surface area contributed by atoms with Crippen molar-refractivity contribution in [2.24, 2.45) is 0 Å². The molecule has 1 amide bonds. The van der Waals surface area contributed by atoms with Crippen LogP contribution in [0.25, 0.3) is 0 Å². The summed E-state index contributed by atoms with van der Waals surface area (Å²) in [5.74, 6) is -0.706. The average Bonchev–Trinajstić information content (AvgIpc) is 2.95. The minimum absolute atomic E-state index is 0.0593. The van der Waals surface area contributed by atoms with Gasteiger partial charge in [0, 0.05) is 6.42 Å². The van der Waals surface area contributed by atoms with Crippen LogP contribution in [0.2, 0.25) is 0 Å². The predicted octanol–water partition coefficient (Wildman–Crippen LogP) is 3.07. The highest BCUT2D eigenvalue weighted by molar-refractivity contribution is 7.12. The lowest BCUT2D eigenvalue weighted by Crippen LogP contribution is -2.42. The number of rotatable bonds is 7. The van der Waals surface area contributed by atoms with Gasteiger partial charge in [0.05, 0.1) is 12.1 Å². The van der Waals surface area contributed by atoms with Crippen molar-refractivity contribution in [1.82, 2.24) is 5.32 Å². The summed E-state index contributed by atoms with van der Waals surface area (Å²) in [4.78, 5) is 12.2. The number of hydrogen-bond acceptors (Lipinski definition) is 4. The number of alkyl halides is 2. The van der Waals surface area contributed by atoms with E-state index < -0.39 is 24.7 Å². The minimum Gasteiger partial charge on any atom is -0.433 e. The predicted molar refractivity (Wildman–Crippen MR) is 84.0 cm³/mol. The van der Waals surface area contributed by atoms with Crippen molar-refractivity contribution in [3.63, 3.8) is 0 Å². The first-order chi connectivity index (χ1) is 11.0. The highest BCUT2D eigenvalue weighted by Gasteiger charge is 2.22. The third-order valence-electron chi connectivity index (χ3n) is 3.27. The Bertz CT molecular complexity index is 633. The van der Waals surface area contributed by atoms with Crippen LogP contribution in [0.4, 0.5) is 8.78 Å². The zero-order chi connectivity index (χ0) is 16.8. The normalized spacial score (nSPS) is 13.6. The molecule has 1 heterocycles. The molecule has 0 aliphatic carbocycles. The zero-order valence-electron chi connectivity index (χ0n) is 12.4. The Morgan fingerprint density at radius 3 is 2.65 bits per heavy atom. The number of ether oxygens (including phenoxy) is 1. The van der Waals surface area contributed by atoms with Crippen LogP contribution >= 0.6 is 11.3 Å². The van der Waals surface area contributed by atoms with E-state index in [9.17, 15) is 18.7 Å². The van der Waals surface area contributed by atoms with Crippen LogP contribution < -0.4 is 10.1 Å². The van der Waals surface area contributed by atoms with E-state index in [2.05, 4.69) is 10.1 Å². The molecule has 2 rings (SSSR count). The maximum absolute atomic E-state index is 12.3. The molecular weight excluding hydrogens is 324 g/mol. The van der Waals surface area contributed by atoms with Gasteiger partial charge in [-0.3, -0.25) is 4.79 Å². The molecule has 0 saturated carbocycles. The molecule has 0 saturated heterocycles. The topological polar surface area (TPSA) is 58.6 Å². The maximum atomic E-state index is 12.3. The number of amides is 1. The quantitative estimate of drug-likeness (QED) is 0.814. The van der Waals surface area contributed by atoms with Crippen LogP contribution in [-0.4, -0.2) is 29.8 Å². The number of benzene rings is 1. The molecule has 1 aromatic heterocycles. The standard InChI is InChI=1S/C16H17F2NO3S/c1-10(12(20)9-11-5-3-2-4-6-11)19-15(21)14-13(7-8-23-14)22-16(17)18/h2-8,10,12,16,20H,9H2,1H3,(H,19,21). The van der Waals surface area contributed by atoms with Crippen molar-refractivity contribution in [2.75, 3.05) is 0 Å². The fourth-order valence-corrected chi connectivity index (χ4v) is 2.78. The Kier molecular flexibility index (Phi) is 6.06. The SMILES string of the molecule is CC(NC(=O)c1sccc1OC(F)F)C(O)Cc1ccccc1. The second-order valence-corrected chi connectivity index (χ2v) is 5.93. The summed E-state index contributed by atoms with van der Waals surface area (Å²) in [7, 11) is 0. The number of aliphatic hydroxyl groups excluding tert-OH is 1. The molecule has 4 nitrogen and oxygen atoms in total. The molecule has 2 unspecified atom stereocenters. The van der Waals surface area contributed by atoms with Gasteiger partial charge in [0.15, 0.2) is 0 Å². The Morgan fingerprint density at radius 2 is 2.00 bits per heavy atom. The molecule has 7 heteroatoms. The molecule has 2 aromatic rings. The lowest BCUT2D eigenvalue weighted by molar-refractivity contribution is -0.0498. The van der Waals surface area contributed by atoms with Gasteiger partial charge in [0.1, 0.15) is 10.6 Å². The first kappa shape index (κ1) is 17.4. The monoisotopic (exact) mass is 341 g/mol. The highest BCUT2D eigenvalue weighted by atomic mass is 32.1. The summed E-state index contributed by atoms with van der Waals surface area (Å²) in [6.07, 6.45) is -0.409. The van der Waals surface area contributed by atoms with Crippen molar-refractivity contribution in [3.8, 4) is 5.75 Å². The van der Waals surface area contributed by atoms with E-state index in [1.165, 1.54) is 11.4 Å². The van der Waals surface area contributed by atoms with Gasteiger partial charge in [0.25, 0.3) is 5.91 Å². The second-order valence-electron chi connectivity index (χ2n) is 5.01. The van der Waals surface area contributed by atoms with Crippen LogP contribution in [0.15, 0.2) is 41.8 Å². The van der Waals surface area contributed by atoms with Gasteiger partial charge >= 0.3 is 6.61 Å². The van der Waals surface area contributed by atoms with E-state index in [0.717, 1.165) is 16.9 Å². The average molecular weight is 341 g/mol. The lowest BCUT2D eigenvalue weighted by atomic mass is 10.0. The van der Waals surface area contributed by atoms with Gasteiger partial charge in [-0.15, -0.1) is 11.3 Å². The second kappa shape index (κ2) is 8.03. The van der Waals surface area contributed by atoms with Crippen molar-refractivity contribution >= 4 is 17.2 Å². The Morgan fingerprint density at radius 1 is 1.30 bits per heavy atom. The number of aliphatic hydroxyl groups is 1. The fraction of sp³-hybridized carbons (Fsp3) is 0.312. The minimum atomic E-state index is -2.99. The first-order valence-electron chi connectivity index (χ1n) is 7.02. The fourth-order valence-electron chi connectivity index (χ4n) is 2.05. The Hall–Kier alpha value is -1.99. The van der Waals surface area contributed by atoms with Crippen molar-refractivity contribution in [3.05, 3.63) is 52.2 Å². The van der Waals surface area contributed by atoms with Crippen LogP contribution in [-0.2, 0) is 6.42 Å². The van der Waals surface area contributed by atoms with E-state index in [1.807, 2.05) is 30.3 Å². The van der Waals surface area contributed by atoms with E-state index in [-0.39, 0.29) is 10.6 Å². The molecule has 1 aromatic carbocycles. The largest absolute Gasteiger partial charge is 0.433 e. The molecule has 2 atom stereocenters. The number of hydrogen-bond donors (Lipinski definition) is 2. The highest BCUT2D eigenvalue weighted by Crippen LogP contribution is 2.26. The molecular formula is C16H17F2NO3S. The molecule has 0 aliphatic heterocycles. The Labute approximate surface area is 136 Å². The van der Waals surface area contributed by atoms with Crippen molar-refractivity contribution < 1.29 is 23.4 Å². The summed E-state index contributed by atoms with van der Waals surface area (Å²) < 4.78 is 28.9. The molecule has 0 bridgehead atoms. The third-order valence-corrected chi connectivity index (χ3v) is 4.17. The van der Waals surface area contributed by atoms with E-state index in [0.29, 0.717) is 6.42 Å². The summed E-state index contributed by atoms with van der Waals surface area (Å²) in [6.45, 7) is -1.33. The van der Waals surface area contributed by atoms with Gasteiger partial charge in [-0.25, -0.2) is 0 Å². The molecule has 0 fully saturated rings. The van der Waals surface area contributed by atoms with E-state index in [1.54, 1.807) is 6.92 Å². The number of halogens is 2. The van der Waals surface area contributed by atoms with Crippen molar-refractivity contribution in [1.29, 1.82) is 0 Å². The summed E-state index contributed by atoms with van der Waals surface area (Å²) in [6, 6.07) is 10.1. The van der Waals surface area contributed by atoms with Gasteiger partial charge in [-0.1, -0.05) is 30.3 Å². The molecule has 2 N–H and O–H groups in total. The lowest BCUT2D eigenvalue weighted by Gasteiger charge is -2.20. The van der Waals surface area contributed by atoms with E-state index >= 15 is 0 Å². The van der Waals surface area contributed by atoms with E-state index in [4.69, 9.17) is 0 Å². The van der Waals surface area contributed by atoms with Gasteiger partial charge < -0.3 is 15.2 Å². The van der Waals surface area contributed by atoms with Crippen LogP contribution in [0.1, 0.15) is 22.2 Å². The van der Waals surface area contributed by atoms with Gasteiger partial charge in [0.2, 0.25) is 0 Å². The van der Waals surface area contributed by atoms with Crippen LogP contribution in [0.5, 0.6) is 5.75 Å². The zero-order valence-corrected chi connectivity index (χ0v) is 13.2. The molecule has 0 aliphatic rings. The summed E-state index contributed by atoms with van der Waals surface area (Å²) in [5, 5.41) is 14.3. The van der Waals surface area contributed by atoms with Crippen LogP contribution in [0, 0.1) is 0 Å². The smallest absolute Gasteiger partial charge is 0.387 e. The maximum Gasteiger partial charge on any atom is 0.387 e.